The predicted octanol–water partition coefficient (Wildman–Crippen LogP) is 1.04. The molecule has 7 heteroatoms. The van der Waals surface area contributed by atoms with E-state index in [0.29, 0.717) is 30.3 Å². The normalized spacial score (nSPS) is 18.4. The van der Waals surface area contributed by atoms with Crippen LogP contribution in [0.3, 0.4) is 0 Å². The molecule has 1 saturated heterocycles. The summed E-state index contributed by atoms with van der Waals surface area (Å²) in [6.07, 6.45) is 2.69. The van der Waals surface area contributed by atoms with E-state index in [9.17, 15) is 4.39 Å². The molecular formula is C13H14FN5O. The Morgan fingerprint density at radius 2 is 2.35 bits per heavy atom. The topological polar surface area (TPSA) is 69.2 Å². The molecular weight excluding hydrogens is 261 g/mol. The molecule has 1 atom stereocenters. The maximum Gasteiger partial charge on any atom is 0.186 e. The highest BCUT2D eigenvalue weighted by Crippen LogP contribution is 2.28. The van der Waals surface area contributed by atoms with Gasteiger partial charge in [-0.1, -0.05) is 0 Å². The lowest BCUT2D eigenvalue weighted by atomic mass is 10.2. The molecule has 1 unspecified atom stereocenters. The van der Waals surface area contributed by atoms with Crippen molar-refractivity contribution in [2.45, 2.75) is 6.10 Å². The van der Waals surface area contributed by atoms with Crippen molar-refractivity contribution in [1.82, 2.24) is 14.8 Å². The third kappa shape index (κ3) is 2.12. The maximum atomic E-state index is 14.2. The van der Waals surface area contributed by atoms with Gasteiger partial charge < -0.3 is 15.4 Å². The fraction of sp³-hybridized carbons (Fsp3) is 0.231. The van der Waals surface area contributed by atoms with Gasteiger partial charge in [-0.3, -0.25) is 0 Å². The molecule has 0 aliphatic carbocycles. The first-order valence-electron chi connectivity index (χ1n) is 6.16. The van der Waals surface area contributed by atoms with Gasteiger partial charge in [0, 0.05) is 12.2 Å². The molecule has 2 heterocycles. The quantitative estimate of drug-likeness (QED) is 0.906. The average molecular weight is 275 g/mol. The first-order valence-corrected chi connectivity index (χ1v) is 6.16. The Labute approximate surface area is 115 Å². The van der Waals surface area contributed by atoms with Gasteiger partial charge in [0.05, 0.1) is 6.54 Å². The molecule has 2 aromatic rings. The van der Waals surface area contributed by atoms with E-state index in [4.69, 9.17) is 10.5 Å². The SMILES string of the molecule is C=C1OC(CN)CN1c1ccc(-n2cncn2)c(F)c1. The first-order chi connectivity index (χ1) is 9.69. The maximum absolute atomic E-state index is 14.2. The van der Waals surface area contributed by atoms with Gasteiger partial charge in [0.2, 0.25) is 0 Å². The molecule has 1 aromatic carbocycles. The van der Waals surface area contributed by atoms with Gasteiger partial charge in [-0.2, -0.15) is 5.10 Å². The molecule has 1 fully saturated rings. The monoisotopic (exact) mass is 275 g/mol. The number of rotatable bonds is 3. The van der Waals surface area contributed by atoms with Gasteiger partial charge in [-0.05, 0) is 24.8 Å². The highest BCUT2D eigenvalue weighted by molar-refractivity contribution is 5.55. The molecule has 0 saturated carbocycles. The molecule has 104 valence electrons. The van der Waals surface area contributed by atoms with Crippen LogP contribution in [0.1, 0.15) is 0 Å². The van der Waals surface area contributed by atoms with Crippen molar-refractivity contribution in [1.29, 1.82) is 0 Å². The van der Waals surface area contributed by atoms with E-state index in [-0.39, 0.29) is 6.10 Å². The van der Waals surface area contributed by atoms with Crippen LogP contribution in [-0.4, -0.2) is 34.0 Å². The van der Waals surface area contributed by atoms with Crippen molar-refractivity contribution in [3.8, 4) is 5.69 Å². The molecule has 0 radical (unpaired) electrons. The summed E-state index contributed by atoms with van der Waals surface area (Å²) in [4.78, 5) is 5.60. The number of benzene rings is 1. The Morgan fingerprint density at radius 1 is 1.50 bits per heavy atom. The summed E-state index contributed by atoms with van der Waals surface area (Å²) < 4.78 is 21.0. The number of aromatic nitrogens is 3. The van der Waals surface area contributed by atoms with Crippen LogP contribution >= 0.6 is 0 Å². The third-order valence-electron chi connectivity index (χ3n) is 3.16. The van der Waals surface area contributed by atoms with Gasteiger partial charge in [0.1, 0.15) is 24.4 Å². The molecule has 6 nitrogen and oxygen atoms in total. The molecule has 0 spiro atoms. The van der Waals surface area contributed by atoms with Crippen molar-refractivity contribution in [3.63, 3.8) is 0 Å². The van der Waals surface area contributed by atoms with E-state index < -0.39 is 5.82 Å². The number of hydrogen-bond acceptors (Lipinski definition) is 5. The van der Waals surface area contributed by atoms with Crippen LogP contribution in [-0.2, 0) is 4.74 Å². The Kier molecular flexibility index (Phi) is 3.11. The Hall–Kier alpha value is -2.41. The summed E-state index contributed by atoms with van der Waals surface area (Å²) >= 11 is 0. The summed E-state index contributed by atoms with van der Waals surface area (Å²) in [5.74, 6) is 0.0883. The molecule has 3 rings (SSSR count). The van der Waals surface area contributed by atoms with E-state index in [0.717, 1.165) is 0 Å². The van der Waals surface area contributed by atoms with Crippen molar-refractivity contribution in [3.05, 3.63) is 49.1 Å². The zero-order chi connectivity index (χ0) is 14.1. The largest absolute Gasteiger partial charge is 0.473 e. The van der Waals surface area contributed by atoms with Crippen LogP contribution in [0, 0.1) is 5.82 Å². The zero-order valence-corrected chi connectivity index (χ0v) is 10.7. The molecule has 1 aromatic heterocycles. The second-order valence-corrected chi connectivity index (χ2v) is 4.46. The molecule has 20 heavy (non-hydrogen) atoms. The van der Waals surface area contributed by atoms with Crippen LogP contribution in [0.15, 0.2) is 43.3 Å². The standard InChI is InChI=1S/C13H14FN5O/c1-9-18(6-11(5-15)20-9)10-2-3-13(12(14)4-10)19-8-16-7-17-19/h2-4,7-8,11H,1,5-6,15H2. The Balaban J connectivity index is 1.89. The minimum absolute atomic E-state index is 0.111. The summed E-state index contributed by atoms with van der Waals surface area (Å²) in [5.41, 5.74) is 6.58. The van der Waals surface area contributed by atoms with Crippen LogP contribution in [0.4, 0.5) is 10.1 Å². The average Bonchev–Trinajstić information content (AvgIpc) is 3.07. The summed E-state index contributed by atoms with van der Waals surface area (Å²) in [5, 5.41) is 3.91. The zero-order valence-electron chi connectivity index (χ0n) is 10.7. The minimum atomic E-state index is -0.392. The van der Waals surface area contributed by atoms with Crippen LogP contribution < -0.4 is 10.6 Å². The van der Waals surface area contributed by atoms with Crippen molar-refractivity contribution in [2.75, 3.05) is 18.0 Å². The summed E-state index contributed by atoms with van der Waals surface area (Å²) in [6.45, 7) is 4.78. The number of hydrogen-bond donors (Lipinski definition) is 1. The molecule has 2 N–H and O–H groups in total. The fourth-order valence-electron chi connectivity index (χ4n) is 2.15. The number of nitrogens with two attached hydrogens (primary N) is 1. The van der Waals surface area contributed by atoms with Gasteiger partial charge in [0.15, 0.2) is 11.7 Å². The highest BCUT2D eigenvalue weighted by atomic mass is 19.1. The van der Waals surface area contributed by atoms with Gasteiger partial charge in [-0.15, -0.1) is 0 Å². The lowest BCUT2D eigenvalue weighted by Crippen LogP contribution is -2.26. The van der Waals surface area contributed by atoms with Gasteiger partial charge >= 0.3 is 0 Å². The molecule has 0 amide bonds. The van der Waals surface area contributed by atoms with Crippen molar-refractivity contribution < 1.29 is 9.13 Å². The van der Waals surface area contributed by atoms with Crippen LogP contribution in [0.25, 0.3) is 5.69 Å². The van der Waals surface area contributed by atoms with E-state index in [1.165, 1.54) is 23.4 Å². The molecule has 1 aliphatic heterocycles. The third-order valence-corrected chi connectivity index (χ3v) is 3.16. The summed E-state index contributed by atoms with van der Waals surface area (Å²) in [6, 6.07) is 4.85. The van der Waals surface area contributed by atoms with E-state index >= 15 is 0 Å². The number of ether oxygens (including phenoxy) is 1. The Morgan fingerprint density at radius 3 is 2.95 bits per heavy atom. The Bertz CT molecular complexity index is 628. The van der Waals surface area contributed by atoms with E-state index in [1.54, 1.807) is 17.0 Å². The number of nitrogens with zero attached hydrogens (tertiary/aromatic N) is 4. The van der Waals surface area contributed by atoms with E-state index in [1.807, 2.05) is 0 Å². The smallest absolute Gasteiger partial charge is 0.186 e. The van der Waals surface area contributed by atoms with E-state index in [2.05, 4.69) is 16.7 Å². The van der Waals surface area contributed by atoms with Crippen LogP contribution in [0.2, 0.25) is 0 Å². The van der Waals surface area contributed by atoms with Gasteiger partial charge in [0.25, 0.3) is 0 Å². The summed E-state index contributed by atoms with van der Waals surface area (Å²) in [7, 11) is 0. The van der Waals surface area contributed by atoms with Gasteiger partial charge in [-0.25, -0.2) is 14.1 Å². The van der Waals surface area contributed by atoms with Crippen LogP contribution in [0.5, 0.6) is 0 Å². The second-order valence-electron chi connectivity index (χ2n) is 4.46. The fourth-order valence-corrected chi connectivity index (χ4v) is 2.15. The lowest BCUT2D eigenvalue weighted by molar-refractivity contribution is 0.176. The highest BCUT2D eigenvalue weighted by Gasteiger charge is 2.27. The number of halogens is 1. The minimum Gasteiger partial charge on any atom is -0.473 e. The number of anilines is 1. The van der Waals surface area contributed by atoms with Crippen molar-refractivity contribution in [2.24, 2.45) is 5.73 Å². The second kappa shape index (κ2) is 4.93. The van der Waals surface area contributed by atoms with Crippen molar-refractivity contribution >= 4 is 5.69 Å². The lowest BCUT2D eigenvalue weighted by Gasteiger charge is -2.17. The first kappa shape index (κ1) is 12.6. The molecule has 0 bridgehead atoms. The predicted molar refractivity (Wildman–Crippen MR) is 71.7 cm³/mol. The molecule has 1 aliphatic rings.